The van der Waals surface area contributed by atoms with Crippen LogP contribution in [0.1, 0.15) is 61.0 Å². The van der Waals surface area contributed by atoms with Crippen LogP contribution >= 0.6 is 0 Å². The number of urea groups is 1. The van der Waals surface area contributed by atoms with Gasteiger partial charge in [0.05, 0.1) is 0 Å². The zero-order chi connectivity index (χ0) is 24.6. The first-order chi connectivity index (χ1) is 17.6. The number of phenolic OH excluding ortho intramolecular Hbond substituents is 1. The van der Waals surface area contributed by atoms with Crippen LogP contribution in [0.25, 0.3) is 0 Å². The summed E-state index contributed by atoms with van der Waals surface area (Å²) in [7, 11) is 0. The molecule has 9 nitrogen and oxygen atoms in total. The number of amides is 3. The second-order valence-corrected chi connectivity index (χ2v) is 10.6. The van der Waals surface area contributed by atoms with Gasteiger partial charge in [-0.3, -0.25) is 4.79 Å². The van der Waals surface area contributed by atoms with Gasteiger partial charge >= 0.3 is 6.03 Å². The molecule has 3 aliphatic heterocycles. The molecule has 4 heterocycles. The number of benzene rings is 1. The van der Waals surface area contributed by atoms with Gasteiger partial charge in [-0.05, 0) is 68.2 Å². The first-order valence-electron chi connectivity index (χ1n) is 13.3. The number of rotatable bonds is 3. The number of aromatic hydroxyl groups is 1. The van der Waals surface area contributed by atoms with Crippen LogP contribution in [0.2, 0.25) is 0 Å². The number of aromatic nitrogens is 2. The van der Waals surface area contributed by atoms with Crippen LogP contribution in [-0.2, 0) is 6.42 Å². The van der Waals surface area contributed by atoms with Gasteiger partial charge in [-0.15, -0.1) is 0 Å². The van der Waals surface area contributed by atoms with Crippen LogP contribution < -0.4 is 10.2 Å². The number of carbonyl (C=O) groups is 2. The van der Waals surface area contributed by atoms with Crippen molar-refractivity contribution in [2.45, 2.75) is 63.5 Å². The number of phenols is 1. The van der Waals surface area contributed by atoms with Crippen LogP contribution in [0.15, 0.2) is 30.6 Å². The molecule has 36 heavy (non-hydrogen) atoms. The first-order valence-corrected chi connectivity index (χ1v) is 13.3. The number of carbonyl (C=O) groups excluding carboxylic acids is 2. The molecule has 0 spiro atoms. The van der Waals surface area contributed by atoms with E-state index >= 15 is 0 Å². The van der Waals surface area contributed by atoms with Crippen LogP contribution in [0.5, 0.6) is 5.75 Å². The lowest BCUT2D eigenvalue weighted by molar-refractivity contribution is 0.0684. The van der Waals surface area contributed by atoms with E-state index in [1.807, 2.05) is 11.0 Å². The third-order valence-electron chi connectivity index (χ3n) is 8.59. The Morgan fingerprint density at radius 3 is 2.67 bits per heavy atom. The van der Waals surface area contributed by atoms with Gasteiger partial charge in [0.1, 0.15) is 23.6 Å². The lowest BCUT2D eigenvalue weighted by Crippen LogP contribution is -2.49. The number of hydrogen-bond donors (Lipinski definition) is 2. The van der Waals surface area contributed by atoms with Gasteiger partial charge in [0.2, 0.25) is 0 Å². The molecule has 1 aromatic heterocycles. The molecule has 9 heteroatoms. The highest BCUT2D eigenvalue weighted by Gasteiger charge is 2.39. The van der Waals surface area contributed by atoms with E-state index in [1.54, 1.807) is 18.2 Å². The fourth-order valence-corrected chi connectivity index (χ4v) is 6.64. The maximum Gasteiger partial charge on any atom is 0.322 e. The molecule has 1 aromatic carbocycles. The number of hydrogen-bond acceptors (Lipinski definition) is 6. The monoisotopic (exact) mass is 490 g/mol. The standard InChI is InChI=1S/C27H34N6O3/c34-21-5-6-22-19(15-21)8-13-32(27(36)30-22)20-9-11-31(12-10-20)25-16-23(28-17-29-25)26(35)33-14-7-18-3-1-2-4-24(18)33/h5-6,15-18,20,24,34H,1-4,7-14H2,(H,30,36). The average molecular weight is 491 g/mol. The summed E-state index contributed by atoms with van der Waals surface area (Å²) in [4.78, 5) is 41.3. The Hall–Kier alpha value is -3.36. The fourth-order valence-electron chi connectivity index (χ4n) is 6.64. The molecule has 190 valence electrons. The summed E-state index contributed by atoms with van der Waals surface area (Å²) in [6.07, 6.45) is 9.83. The molecular weight excluding hydrogens is 456 g/mol. The Balaban J connectivity index is 1.09. The molecule has 3 amide bonds. The van der Waals surface area contributed by atoms with Gasteiger partial charge in [0.15, 0.2) is 0 Å². The van der Waals surface area contributed by atoms with Gasteiger partial charge in [-0.2, -0.15) is 0 Å². The molecule has 2 aromatic rings. The minimum Gasteiger partial charge on any atom is -0.508 e. The molecule has 6 rings (SSSR count). The van der Waals surface area contributed by atoms with Gasteiger partial charge in [0, 0.05) is 50.0 Å². The molecule has 4 aliphatic rings. The fraction of sp³-hybridized carbons (Fsp3) is 0.556. The smallest absolute Gasteiger partial charge is 0.322 e. The lowest BCUT2D eigenvalue weighted by Gasteiger charge is -2.38. The predicted octanol–water partition coefficient (Wildman–Crippen LogP) is 3.65. The molecule has 1 aliphatic carbocycles. The number of likely N-dealkylation sites (tertiary alicyclic amines) is 1. The van der Waals surface area contributed by atoms with E-state index in [2.05, 4.69) is 25.1 Å². The van der Waals surface area contributed by atoms with Crippen molar-refractivity contribution in [1.82, 2.24) is 19.8 Å². The summed E-state index contributed by atoms with van der Waals surface area (Å²) in [5.41, 5.74) is 2.22. The van der Waals surface area contributed by atoms with E-state index in [9.17, 15) is 14.7 Å². The topological polar surface area (TPSA) is 102 Å². The van der Waals surface area contributed by atoms with Gasteiger partial charge < -0.3 is 25.1 Å². The Labute approximate surface area is 211 Å². The predicted molar refractivity (Wildman–Crippen MR) is 136 cm³/mol. The van der Waals surface area contributed by atoms with E-state index in [1.165, 1.54) is 25.6 Å². The third-order valence-corrected chi connectivity index (χ3v) is 8.59. The number of nitrogens with zero attached hydrogens (tertiary/aromatic N) is 5. The van der Waals surface area contributed by atoms with E-state index in [0.717, 1.165) is 62.4 Å². The van der Waals surface area contributed by atoms with Crippen LogP contribution in [0.4, 0.5) is 16.3 Å². The van der Waals surface area contributed by atoms with E-state index in [0.29, 0.717) is 30.6 Å². The number of nitrogens with one attached hydrogen (secondary N) is 1. The molecule has 1 saturated carbocycles. The van der Waals surface area contributed by atoms with Crippen molar-refractivity contribution < 1.29 is 14.7 Å². The molecule has 0 bridgehead atoms. The summed E-state index contributed by atoms with van der Waals surface area (Å²) in [5, 5.41) is 12.8. The van der Waals surface area contributed by atoms with Gasteiger partial charge in [0.25, 0.3) is 5.91 Å². The minimum absolute atomic E-state index is 0.0368. The normalized spacial score (nSPS) is 24.7. The molecule has 2 unspecified atom stereocenters. The summed E-state index contributed by atoms with van der Waals surface area (Å²) in [6, 6.07) is 7.37. The highest BCUT2D eigenvalue weighted by atomic mass is 16.3. The molecular formula is C27H34N6O3. The zero-order valence-electron chi connectivity index (χ0n) is 20.6. The Morgan fingerprint density at radius 2 is 1.81 bits per heavy atom. The van der Waals surface area contributed by atoms with E-state index in [-0.39, 0.29) is 23.7 Å². The molecule has 2 N–H and O–H groups in total. The summed E-state index contributed by atoms with van der Waals surface area (Å²) >= 11 is 0. The second-order valence-electron chi connectivity index (χ2n) is 10.6. The quantitative estimate of drug-likeness (QED) is 0.637. The number of fused-ring (bicyclic) bond motifs is 2. The Morgan fingerprint density at radius 1 is 0.972 bits per heavy atom. The number of piperidine rings is 1. The van der Waals surface area contributed by atoms with Crippen molar-refractivity contribution in [2.24, 2.45) is 5.92 Å². The van der Waals surface area contributed by atoms with E-state index in [4.69, 9.17) is 0 Å². The Bertz CT molecular complexity index is 1150. The lowest BCUT2D eigenvalue weighted by atomic mass is 9.85. The van der Waals surface area contributed by atoms with Gasteiger partial charge in [-0.1, -0.05) is 12.8 Å². The van der Waals surface area contributed by atoms with Gasteiger partial charge in [-0.25, -0.2) is 14.8 Å². The minimum atomic E-state index is -0.0839. The third kappa shape index (κ3) is 4.35. The van der Waals surface area contributed by atoms with Crippen LogP contribution in [-0.4, -0.2) is 75.1 Å². The maximum atomic E-state index is 13.3. The highest BCUT2D eigenvalue weighted by Crippen LogP contribution is 2.37. The first kappa shape index (κ1) is 23.1. The molecule has 2 saturated heterocycles. The van der Waals surface area contributed by atoms with Crippen molar-refractivity contribution in [1.29, 1.82) is 0 Å². The average Bonchev–Trinajstić information content (AvgIpc) is 3.27. The van der Waals surface area contributed by atoms with E-state index < -0.39 is 0 Å². The number of anilines is 2. The summed E-state index contributed by atoms with van der Waals surface area (Å²) < 4.78 is 0. The second kappa shape index (κ2) is 9.59. The zero-order valence-corrected chi connectivity index (χ0v) is 20.6. The molecule has 0 radical (unpaired) electrons. The highest BCUT2D eigenvalue weighted by molar-refractivity contribution is 5.93. The van der Waals surface area contributed by atoms with Crippen molar-refractivity contribution in [3.63, 3.8) is 0 Å². The van der Waals surface area contributed by atoms with Crippen molar-refractivity contribution in [3.8, 4) is 5.75 Å². The largest absolute Gasteiger partial charge is 0.508 e. The summed E-state index contributed by atoms with van der Waals surface area (Å²) in [5.74, 6) is 1.69. The summed E-state index contributed by atoms with van der Waals surface area (Å²) in [6.45, 7) is 2.99. The van der Waals surface area contributed by atoms with Crippen molar-refractivity contribution in [3.05, 3.63) is 41.9 Å². The SMILES string of the molecule is O=C1Nc2ccc(O)cc2CCN1C1CCN(c2cc(C(=O)N3CCC4CCCCC43)ncn2)CC1. The maximum absolute atomic E-state index is 13.3. The van der Waals surface area contributed by atoms with Crippen molar-refractivity contribution in [2.75, 3.05) is 36.4 Å². The van der Waals surface area contributed by atoms with Crippen LogP contribution in [0.3, 0.4) is 0 Å². The molecule has 3 fully saturated rings. The van der Waals surface area contributed by atoms with Crippen LogP contribution in [0, 0.1) is 5.92 Å². The van der Waals surface area contributed by atoms with Crippen molar-refractivity contribution >= 4 is 23.4 Å². The Kier molecular flexibility index (Phi) is 6.15. The molecule has 2 atom stereocenters.